The second kappa shape index (κ2) is 10.9. The molecule has 2 bridgehead atoms. The number of anilines is 1. The molecule has 0 radical (unpaired) electrons. The fourth-order valence-corrected chi connectivity index (χ4v) is 6.61. The van der Waals surface area contributed by atoms with Gasteiger partial charge in [0.05, 0.1) is 28.0 Å². The minimum atomic E-state index is -1.17. The molecule has 37 heavy (non-hydrogen) atoms. The molecule has 4 aliphatic rings. The van der Waals surface area contributed by atoms with E-state index < -0.39 is 29.6 Å². The van der Waals surface area contributed by atoms with Crippen LogP contribution in [0.15, 0.2) is 30.4 Å². The number of halogens is 2. The van der Waals surface area contributed by atoms with Gasteiger partial charge < -0.3 is 25.0 Å². The minimum Gasteiger partial charge on any atom is -0.382 e. The van der Waals surface area contributed by atoms with Gasteiger partial charge in [-0.15, -0.1) is 0 Å². The third-order valence-electron chi connectivity index (χ3n) is 7.96. The molecular weight excluding hydrogens is 517 g/mol. The van der Waals surface area contributed by atoms with Crippen molar-refractivity contribution in [2.24, 2.45) is 11.8 Å². The number of nitrogens with one attached hydrogen (secondary N) is 2. The number of ether oxygens (including phenoxy) is 2. The largest absolute Gasteiger partial charge is 0.382 e. The molecule has 200 valence electrons. The van der Waals surface area contributed by atoms with Gasteiger partial charge in [-0.05, 0) is 44.4 Å². The highest BCUT2D eigenvalue weighted by atomic mass is 35.5. The van der Waals surface area contributed by atoms with Crippen molar-refractivity contribution in [3.63, 3.8) is 0 Å². The Morgan fingerprint density at radius 2 is 1.95 bits per heavy atom. The normalized spacial score (nSPS) is 30.6. The summed E-state index contributed by atoms with van der Waals surface area (Å²) < 4.78 is 11.9. The van der Waals surface area contributed by atoms with E-state index in [9.17, 15) is 14.4 Å². The molecule has 1 aromatic rings. The number of rotatable bonds is 9. The van der Waals surface area contributed by atoms with Crippen molar-refractivity contribution in [3.05, 3.63) is 40.4 Å². The van der Waals surface area contributed by atoms with E-state index in [2.05, 4.69) is 10.6 Å². The van der Waals surface area contributed by atoms with Crippen LogP contribution >= 0.6 is 23.2 Å². The van der Waals surface area contributed by atoms with Gasteiger partial charge in [0.15, 0.2) is 0 Å². The lowest BCUT2D eigenvalue weighted by Gasteiger charge is -2.34. The van der Waals surface area contributed by atoms with E-state index in [-0.39, 0.29) is 23.8 Å². The fourth-order valence-electron chi connectivity index (χ4n) is 6.32. The Morgan fingerprint density at radius 3 is 2.68 bits per heavy atom. The third-order valence-corrected chi connectivity index (χ3v) is 8.69. The van der Waals surface area contributed by atoms with Crippen molar-refractivity contribution < 1.29 is 23.9 Å². The fraction of sp³-hybridized carbons (Fsp3) is 0.593. The number of fused-ring (bicyclic) bond motifs is 1. The van der Waals surface area contributed by atoms with Gasteiger partial charge in [0.2, 0.25) is 17.7 Å². The number of benzene rings is 1. The Hall–Kier alpha value is -2.13. The van der Waals surface area contributed by atoms with Crippen LogP contribution in [0.4, 0.5) is 5.69 Å². The van der Waals surface area contributed by atoms with Gasteiger partial charge in [-0.2, -0.15) is 0 Å². The molecule has 2 N–H and O–H groups in total. The molecule has 2 saturated heterocycles. The van der Waals surface area contributed by atoms with Crippen LogP contribution in [-0.4, -0.2) is 66.2 Å². The molecule has 1 saturated carbocycles. The van der Waals surface area contributed by atoms with Crippen molar-refractivity contribution in [2.75, 3.05) is 25.1 Å². The van der Waals surface area contributed by atoms with Crippen LogP contribution in [0.1, 0.15) is 45.4 Å². The standard InChI is InChI=1S/C27H33Cl2N3O5/c1-2-36-14-6-13-32-23(25(34)30-16-7-4-3-5-8-16)27-12-11-20(37-27)21(22(27)26(32)35)24(33)31-17-9-10-18(28)19(29)15-17/h9-12,15-16,20-23H,2-8,13-14H2,1H3,(H,30,34)(H,31,33)/t20-,21+,22-,23+,27+/m1/s1. The summed E-state index contributed by atoms with van der Waals surface area (Å²) in [6.07, 6.45) is 8.83. The maximum Gasteiger partial charge on any atom is 0.246 e. The van der Waals surface area contributed by atoms with Crippen LogP contribution in [0, 0.1) is 11.8 Å². The van der Waals surface area contributed by atoms with Crippen LogP contribution in [0.5, 0.6) is 0 Å². The van der Waals surface area contributed by atoms with Crippen LogP contribution in [0.25, 0.3) is 0 Å². The van der Waals surface area contributed by atoms with Crippen LogP contribution in [0.2, 0.25) is 10.0 Å². The predicted octanol–water partition coefficient (Wildman–Crippen LogP) is 3.96. The van der Waals surface area contributed by atoms with Gasteiger partial charge in [0.25, 0.3) is 0 Å². The van der Waals surface area contributed by atoms with Crippen molar-refractivity contribution in [3.8, 4) is 0 Å². The summed E-state index contributed by atoms with van der Waals surface area (Å²) in [5.74, 6) is -2.36. The number of carbonyl (C=O) groups excluding carboxylic acids is 3. The molecule has 1 aliphatic carbocycles. The average Bonchev–Trinajstić information content (AvgIpc) is 3.52. The topological polar surface area (TPSA) is 97.0 Å². The van der Waals surface area contributed by atoms with E-state index in [1.54, 1.807) is 23.1 Å². The maximum atomic E-state index is 13.9. The van der Waals surface area contributed by atoms with E-state index in [0.717, 1.165) is 25.7 Å². The summed E-state index contributed by atoms with van der Waals surface area (Å²) in [7, 11) is 0. The first-order valence-electron chi connectivity index (χ1n) is 13.2. The second-order valence-electron chi connectivity index (χ2n) is 10.2. The zero-order valence-corrected chi connectivity index (χ0v) is 22.4. The molecule has 8 nitrogen and oxygen atoms in total. The lowest BCUT2D eigenvalue weighted by atomic mass is 9.74. The second-order valence-corrected chi connectivity index (χ2v) is 11.1. The zero-order chi connectivity index (χ0) is 26.2. The Balaban J connectivity index is 1.40. The Labute approximate surface area is 227 Å². The molecule has 1 spiro atoms. The number of nitrogens with zero attached hydrogens (tertiary/aromatic N) is 1. The Bertz CT molecular complexity index is 1090. The van der Waals surface area contributed by atoms with Crippen molar-refractivity contribution in [1.82, 2.24) is 10.2 Å². The monoisotopic (exact) mass is 549 g/mol. The molecule has 0 unspecified atom stereocenters. The van der Waals surface area contributed by atoms with Gasteiger partial charge in [0.1, 0.15) is 11.6 Å². The first kappa shape index (κ1) is 26.5. The lowest BCUT2D eigenvalue weighted by Crippen LogP contribution is -2.56. The first-order valence-corrected chi connectivity index (χ1v) is 13.9. The van der Waals surface area contributed by atoms with Gasteiger partial charge in [-0.3, -0.25) is 14.4 Å². The van der Waals surface area contributed by atoms with Crippen LogP contribution in [0.3, 0.4) is 0 Å². The molecule has 3 fully saturated rings. The summed E-state index contributed by atoms with van der Waals surface area (Å²) >= 11 is 12.1. The van der Waals surface area contributed by atoms with E-state index in [1.165, 1.54) is 6.42 Å². The SMILES string of the molecule is CCOCCCN1C(=O)[C@H]2[C@@H](C(=O)Nc3ccc(Cl)c(Cl)c3)[C@H]3C=C[C@@]2(O3)[C@@H]1C(=O)NC1CCCCC1. The third kappa shape index (κ3) is 4.89. The van der Waals surface area contributed by atoms with Crippen LogP contribution in [-0.2, 0) is 23.9 Å². The molecule has 3 aliphatic heterocycles. The molecule has 3 amide bonds. The van der Waals surface area contributed by atoms with E-state index in [1.807, 2.05) is 19.1 Å². The van der Waals surface area contributed by atoms with Gasteiger partial charge in [-0.25, -0.2) is 0 Å². The smallest absolute Gasteiger partial charge is 0.246 e. The van der Waals surface area contributed by atoms with Crippen LogP contribution < -0.4 is 10.6 Å². The summed E-state index contributed by atoms with van der Waals surface area (Å²) in [5, 5.41) is 6.75. The molecule has 10 heteroatoms. The summed E-state index contributed by atoms with van der Waals surface area (Å²) in [6, 6.07) is 4.08. The van der Waals surface area contributed by atoms with Gasteiger partial charge in [-0.1, -0.05) is 54.6 Å². The number of carbonyl (C=O) groups is 3. The average molecular weight is 550 g/mol. The van der Waals surface area contributed by atoms with Crippen molar-refractivity contribution in [1.29, 1.82) is 0 Å². The molecular formula is C27H33Cl2N3O5. The number of likely N-dealkylation sites (tertiary alicyclic amines) is 1. The Kier molecular flexibility index (Phi) is 7.82. The van der Waals surface area contributed by atoms with Crippen molar-refractivity contribution >= 4 is 46.6 Å². The minimum absolute atomic E-state index is 0.0911. The molecule has 5 atom stereocenters. The Morgan fingerprint density at radius 1 is 1.16 bits per heavy atom. The quantitative estimate of drug-likeness (QED) is 0.359. The summed E-state index contributed by atoms with van der Waals surface area (Å²) in [4.78, 5) is 42.7. The van der Waals surface area contributed by atoms with E-state index >= 15 is 0 Å². The zero-order valence-electron chi connectivity index (χ0n) is 20.9. The lowest BCUT2D eigenvalue weighted by molar-refractivity contribution is -0.141. The number of hydrogen-bond donors (Lipinski definition) is 2. The number of amides is 3. The molecule has 3 heterocycles. The van der Waals surface area contributed by atoms with Crippen molar-refractivity contribution in [2.45, 2.75) is 69.2 Å². The summed E-state index contributed by atoms with van der Waals surface area (Å²) in [6.45, 7) is 3.33. The number of hydrogen-bond acceptors (Lipinski definition) is 5. The molecule has 1 aromatic carbocycles. The summed E-state index contributed by atoms with van der Waals surface area (Å²) in [5.41, 5.74) is -0.697. The van der Waals surface area contributed by atoms with Gasteiger partial charge in [0, 0.05) is 31.5 Å². The predicted molar refractivity (Wildman–Crippen MR) is 140 cm³/mol. The highest BCUT2D eigenvalue weighted by Gasteiger charge is 2.72. The van der Waals surface area contributed by atoms with E-state index in [0.29, 0.717) is 41.9 Å². The molecule has 0 aromatic heterocycles. The van der Waals surface area contributed by atoms with Gasteiger partial charge >= 0.3 is 0 Å². The van der Waals surface area contributed by atoms with E-state index in [4.69, 9.17) is 32.7 Å². The highest BCUT2D eigenvalue weighted by Crippen LogP contribution is 2.55. The molecule has 5 rings (SSSR count). The highest BCUT2D eigenvalue weighted by molar-refractivity contribution is 6.42. The maximum absolute atomic E-state index is 13.9. The first-order chi connectivity index (χ1) is 17.9.